The number of halogens is 1. The molecule has 0 saturated heterocycles. The molecule has 3 aromatic carbocycles. The molecular formula is C23H18FN3O2S2. The van der Waals surface area contributed by atoms with Crippen molar-refractivity contribution in [3.63, 3.8) is 0 Å². The Kier molecular flexibility index (Phi) is 6.29. The van der Waals surface area contributed by atoms with Crippen LogP contribution in [0.25, 0.3) is 10.2 Å². The molecule has 156 valence electrons. The van der Waals surface area contributed by atoms with Crippen molar-refractivity contribution in [2.45, 2.75) is 10.1 Å². The number of hydrogen-bond donors (Lipinski definition) is 2. The Morgan fingerprint density at radius 2 is 1.81 bits per heavy atom. The molecule has 4 aromatic rings. The number of thioether (sulfide) groups is 1. The van der Waals surface area contributed by atoms with Gasteiger partial charge in [0.1, 0.15) is 5.82 Å². The minimum absolute atomic E-state index is 0.123. The molecule has 0 aliphatic rings. The van der Waals surface area contributed by atoms with E-state index in [-0.39, 0.29) is 11.5 Å². The first-order chi connectivity index (χ1) is 15.0. The van der Waals surface area contributed by atoms with Crippen LogP contribution in [0.1, 0.15) is 26.3 Å². The van der Waals surface area contributed by atoms with Gasteiger partial charge in [-0.3, -0.25) is 9.59 Å². The Balaban J connectivity index is 1.39. The number of amides is 2. The van der Waals surface area contributed by atoms with Gasteiger partial charge in [0.05, 0.1) is 15.8 Å². The van der Waals surface area contributed by atoms with Gasteiger partial charge in [0.2, 0.25) is 0 Å². The SMILES string of the molecule is CNC(=O)c1cc(NC(=O)c2ccc(CSc3nc4ccccc4s3)cc2)ccc1F. The van der Waals surface area contributed by atoms with Crippen molar-refractivity contribution in [2.24, 2.45) is 0 Å². The van der Waals surface area contributed by atoms with Crippen molar-refractivity contribution in [3.05, 3.63) is 89.2 Å². The van der Waals surface area contributed by atoms with Gasteiger partial charge in [-0.15, -0.1) is 11.3 Å². The first-order valence-corrected chi connectivity index (χ1v) is 11.2. The highest BCUT2D eigenvalue weighted by Crippen LogP contribution is 2.31. The van der Waals surface area contributed by atoms with Crippen molar-refractivity contribution in [1.29, 1.82) is 0 Å². The van der Waals surface area contributed by atoms with Crippen LogP contribution in [0.5, 0.6) is 0 Å². The van der Waals surface area contributed by atoms with Gasteiger partial charge in [0.15, 0.2) is 4.34 Å². The van der Waals surface area contributed by atoms with Crippen LogP contribution in [0.3, 0.4) is 0 Å². The van der Waals surface area contributed by atoms with Crippen molar-refractivity contribution in [1.82, 2.24) is 10.3 Å². The summed E-state index contributed by atoms with van der Waals surface area (Å²) in [4.78, 5) is 28.9. The molecule has 2 amide bonds. The van der Waals surface area contributed by atoms with Gasteiger partial charge in [-0.25, -0.2) is 9.37 Å². The molecule has 0 saturated carbocycles. The number of aromatic nitrogens is 1. The van der Waals surface area contributed by atoms with E-state index in [0.29, 0.717) is 11.3 Å². The Bertz CT molecular complexity index is 1220. The van der Waals surface area contributed by atoms with E-state index >= 15 is 0 Å². The number of hydrogen-bond acceptors (Lipinski definition) is 5. The van der Waals surface area contributed by atoms with Gasteiger partial charge in [0.25, 0.3) is 11.8 Å². The quantitative estimate of drug-likeness (QED) is 0.388. The molecular weight excluding hydrogens is 433 g/mol. The summed E-state index contributed by atoms with van der Waals surface area (Å²) in [6.45, 7) is 0. The molecule has 4 rings (SSSR count). The minimum Gasteiger partial charge on any atom is -0.355 e. The number of benzene rings is 3. The van der Waals surface area contributed by atoms with Crippen LogP contribution < -0.4 is 10.6 Å². The summed E-state index contributed by atoms with van der Waals surface area (Å²) < 4.78 is 16.0. The van der Waals surface area contributed by atoms with Crippen LogP contribution in [-0.4, -0.2) is 23.8 Å². The highest BCUT2D eigenvalue weighted by atomic mass is 32.2. The fourth-order valence-corrected chi connectivity index (χ4v) is 4.95. The molecule has 8 heteroatoms. The average molecular weight is 452 g/mol. The second kappa shape index (κ2) is 9.28. The standard InChI is InChI=1S/C23H18FN3O2S2/c1-25-22(29)17-12-16(10-11-18(17)24)26-21(28)15-8-6-14(7-9-15)13-30-23-27-19-4-2-3-5-20(19)31-23/h2-12H,13H2,1H3,(H,25,29)(H,26,28). The number of carbonyl (C=O) groups excluding carboxylic acids is 2. The molecule has 2 N–H and O–H groups in total. The summed E-state index contributed by atoms with van der Waals surface area (Å²) in [5.74, 6) is -0.787. The largest absolute Gasteiger partial charge is 0.355 e. The normalized spacial score (nSPS) is 10.8. The molecule has 0 aliphatic heterocycles. The summed E-state index contributed by atoms with van der Waals surface area (Å²) in [5.41, 5.74) is 2.77. The first kappa shape index (κ1) is 21.0. The van der Waals surface area contributed by atoms with Crippen molar-refractivity contribution in [2.75, 3.05) is 12.4 Å². The van der Waals surface area contributed by atoms with E-state index in [4.69, 9.17) is 0 Å². The molecule has 0 spiro atoms. The Morgan fingerprint density at radius 1 is 1.03 bits per heavy atom. The van der Waals surface area contributed by atoms with E-state index in [1.165, 1.54) is 19.2 Å². The predicted molar refractivity (Wildman–Crippen MR) is 123 cm³/mol. The third kappa shape index (κ3) is 4.92. The number of anilines is 1. The fourth-order valence-electron chi connectivity index (χ4n) is 2.93. The van der Waals surface area contributed by atoms with Crippen LogP contribution in [0.4, 0.5) is 10.1 Å². The lowest BCUT2D eigenvalue weighted by Gasteiger charge is -2.08. The topological polar surface area (TPSA) is 71.1 Å². The molecule has 1 heterocycles. The molecule has 31 heavy (non-hydrogen) atoms. The Labute approximate surface area is 186 Å². The number of fused-ring (bicyclic) bond motifs is 1. The number of rotatable bonds is 6. The summed E-state index contributed by atoms with van der Waals surface area (Å²) in [6.07, 6.45) is 0. The van der Waals surface area contributed by atoms with E-state index in [9.17, 15) is 14.0 Å². The zero-order chi connectivity index (χ0) is 21.8. The Morgan fingerprint density at radius 3 is 2.55 bits per heavy atom. The maximum atomic E-state index is 13.8. The molecule has 0 radical (unpaired) electrons. The van der Waals surface area contributed by atoms with E-state index in [1.54, 1.807) is 35.2 Å². The number of para-hydroxylation sites is 1. The molecule has 5 nitrogen and oxygen atoms in total. The maximum absolute atomic E-state index is 13.8. The van der Waals surface area contributed by atoms with Crippen LogP contribution >= 0.6 is 23.1 Å². The summed E-state index contributed by atoms with van der Waals surface area (Å²) >= 11 is 3.32. The number of nitrogens with one attached hydrogen (secondary N) is 2. The zero-order valence-corrected chi connectivity index (χ0v) is 18.1. The fraction of sp³-hybridized carbons (Fsp3) is 0.0870. The highest BCUT2D eigenvalue weighted by Gasteiger charge is 2.13. The zero-order valence-electron chi connectivity index (χ0n) is 16.5. The van der Waals surface area contributed by atoms with Gasteiger partial charge < -0.3 is 10.6 Å². The van der Waals surface area contributed by atoms with Gasteiger partial charge in [-0.05, 0) is 48.0 Å². The molecule has 0 aliphatic carbocycles. The van der Waals surface area contributed by atoms with E-state index in [1.807, 2.05) is 30.3 Å². The van der Waals surface area contributed by atoms with Crippen LogP contribution in [0, 0.1) is 5.82 Å². The number of carbonyl (C=O) groups is 2. The van der Waals surface area contributed by atoms with E-state index < -0.39 is 11.7 Å². The average Bonchev–Trinajstić information content (AvgIpc) is 3.22. The molecule has 0 bridgehead atoms. The van der Waals surface area contributed by atoms with Gasteiger partial charge >= 0.3 is 0 Å². The predicted octanol–water partition coefficient (Wildman–Crippen LogP) is 5.34. The van der Waals surface area contributed by atoms with Gasteiger partial charge in [-0.2, -0.15) is 0 Å². The third-order valence-electron chi connectivity index (χ3n) is 4.55. The van der Waals surface area contributed by atoms with E-state index in [0.717, 1.165) is 31.9 Å². The van der Waals surface area contributed by atoms with Gasteiger partial charge in [-0.1, -0.05) is 36.0 Å². The van der Waals surface area contributed by atoms with Crippen LogP contribution in [0.15, 0.2) is 71.1 Å². The van der Waals surface area contributed by atoms with E-state index in [2.05, 4.69) is 21.7 Å². The lowest BCUT2D eigenvalue weighted by molar-refractivity contribution is 0.0957. The van der Waals surface area contributed by atoms with Crippen LogP contribution in [-0.2, 0) is 5.75 Å². The lowest BCUT2D eigenvalue weighted by Crippen LogP contribution is -2.20. The number of nitrogens with zero attached hydrogens (tertiary/aromatic N) is 1. The first-order valence-electron chi connectivity index (χ1n) is 9.44. The van der Waals surface area contributed by atoms with Crippen molar-refractivity contribution >= 4 is 50.8 Å². The van der Waals surface area contributed by atoms with Crippen LogP contribution in [0.2, 0.25) is 0 Å². The summed E-state index contributed by atoms with van der Waals surface area (Å²) in [5, 5.41) is 5.07. The third-order valence-corrected chi connectivity index (χ3v) is 6.80. The Hall–Kier alpha value is -3.23. The molecule has 0 fully saturated rings. The van der Waals surface area contributed by atoms with Gasteiger partial charge in [0, 0.05) is 24.1 Å². The summed E-state index contributed by atoms with van der Waals surface area (Å²) in [7, 11) is 1.42. The summed E-state index contributed by atoms with van der Waals surface area (Å²) in [6, 6.07) is 19.2. The molecule has 0 atom stereocenters. The lowest BCUT2D eigenvalue weighted by atomic mass is 10.1. The highest BCUT2D eigenvalue weighted by molar-refractivity contribution is 8.00. The van der Waals surface area contributed by atoms with Crippen molar-refractivity contribution in [3.8, 4) is 0 Å². The minimum atomic E-state index is -0.646. The molecule has 1 aromatic heterocycles. The maximum Gasteiger partial charge on any atom is 0.255 e. The number of thiazole rings is 1. The van der Waals surface area contributed by atoms with Crippen molar-refractivity contribution < 1.29 is 14.0 Å². The second-order valence-electron chi connectivity index (χ2n) is 6.66. The second-order valence-corrected chi connectivity index (χ2v) is 8.91. The monoisotopic (exact) mass is 451 g/mol. The molecule has 0 unspecified atom stereocenters. The smallest absolute Gasteiger partial charge is 0.255 e.